The van der Waals surface area contributed by atoms with Crippen molar-refractivity contribution in [2.75, 3.05) is 5.43 Å². The van der Waals surface area contributed by atoms with Gasteiger partial charge in [-0.25, -0.2) is 4.68 Å². The van der Waals surface area contributed by atoms with Gasteiger partial charge in [0.25, 0.3) is 0 Å². The molecule has 0 unspecified atom stereocenters. The number of anilines is 1. The third-order valence-corrected chi connectivity index (χ3v) is 2.51. The van der Waals surface area contributed by atoms with E-state index in [0.29, 0.717) is 5.69 Å². The molecule has 0 saturated carbocycles. The standard InChI is InChI=1S/C13H13N7/c1-9-6-7-20(19-9)11-4-2-10(3-5-11)17-18-12(8-14)13(15)16/h2-7,17H,1H3,(H3,15,16)/b18-12+. The van der Waals surface area contributed by atoms with Crippen LogP contribution in [-0.2, 0) is 0 Å². The van der Waals surface area contributed by atoms with E-state index in [0.717, 1.165) is 11.4 Å². The molecular weight excluding hydrogens is 254 g/mol. The summed E-state index contributed by atoms with van der Waals surface area (Å²) in [6.45, 7) is 1.92. The molecule has 20 heavy (non-hydrogen) atoms. The Morgan fingerprint density at radius 2 is 2.10 bits per heavy atom. The van der Waals surface area contributed by atoms with Crippen molar-refractivity contribution < 1.29 is 0 Å². The Hall–Kier alpha value is -3.14. The number of aromatic nitrogens is 2. The number of nitrogens with one attached hydrogen (secondary N) is 2. The number of hydrogen-bond donors (Lipinski definition) is 3. The highest BCUT2D eigenvalue weighted by molar-refractivity contribution is 6.45. The number of hydrogen-bond acceptors (Lipinski definition) is 5. The molecule has 0 aliphatic carbocycles. The maximum absolute atomic E-state index is 8.72. The van der Waals surface area contributed by atoms with Crippen molar-refractivity contribution in [3.63, 3.8) is 0 Å². The van der Waals surface area contributed by atoms with Crippen LogP contribution in [0, 0.1) is 23.7 Å². The van der Waals surface area contributed by atoms with Gasteiger partial charge in [0, 0.05) is 6.20 Å². The van der Waals surface area contributed by atoms with E-state index >= 15 is 0 Å². The van der Waals surface area contributed by atoms with E-state index in [9.17, 15) is 0 Å². The summed E-state index contributed by atoms with van der Waals surface area (Å²) in [5, 5.41) is 23.9. The number of rotatable bonds is 4. The maximum Gasteiger partial charge on any atom is 0.201 e. The van der Waals surface area contributed by atoms with Crippen molar-refractivity contribution in [2.24, 2.45) is 10.8 Å². The van der Waals surface area contributed by atoms with Crippen molar-refractivity contribution in [1.82, 2.24) is 9.78 Å². The van der Waals surface area contributed by atoms with E-state index in [1.54, 1.807) is 22.9 Å². The Kier molecular flexibility index (Phi) is 3.77. The van der Waals surface area contributed by atoms with E-state index < -0.39 is 0 Å². The third kappa shape index (κ3) is 3.00. The number of nitrogens with two attached hydrogens (primary N) is 1. The Labute approximate surface area is 115 Å². The van der Waals surface area contributed by atoms with Gasteiger partial charge in [0.1, 0.15) is 6.07 Å². The quantitative estimate of drug-likeness (QED) is 0.441. The molecule has 1 heterocycles. The summed E-state index contributed by atoms with van der Waals surface area (Å²) in [6, 6.07) is 11.0. The zero-order chi connectivity index (χ0) is 14.5. The Morgan fingerprint density at radius 1 is 1.40 bits per heavy atom. The normalized spacial score (nSPS) is 10.9. The van der Waals surface area contributed by atoms with Gasteiger partial charge in [-0.1, -0.05) is 0 Å². The predicted molar refractivity (Wildman–Crippen MR) is 76.9 cm³/mol. The first-order chi connectivity index (χ1) is 9.60. The second kappa shape index (κ2) is 5.67. The van der Waals surface area contributed by atoms with Crippen LogP contribution < -0.4 is 11.2 Å². The molecule has 0 bridgehead atoms. The molecule has 1 aromatic carbocycles. The molecule has 7 nitrogen and oxygen atoms in total. The van der Waals surface area contributed by atoms with Gasteiger partial charge in [-0.05, 0) is 37.3 Å². The van der Waals surface area contributed by atoms with Crippen LogP contribution in [0.5, 0.6) is 0 Å². The largest absolute Gasteiger partial charge is 0.382 e. The molecule has 0 aliphatic heterocycles. The molecule has 1 aromatic heterocycles. The van der Waals surface area contributed by atoms with Gasteiger partial charge in [-0.3, -0.25) is 10.8 Å². The first kappa shape index (κ1) is 13.3. The lowest BCUT2D eigenvalue weighted by Gasteiger charge is -2.04. The molecule has 0 fully saturated rings. The number of amidine groups is 1. The van der Waals surface area contributed by atoms with Crippen molar-refractivity contribution in [3.8, 4) is 11.8 Å². The lowest BCUT2D eigenvalue weighted by molar-refractivity contribution is 0.863. The summed E-state index contributed by atoms with van der Waals surface area (Å²) >= 11 is 0. The summed E-state index contributed by atoms with van der Waals surface area (Å²) in [5.74, 6) is -0.372. The number of nitriles is 1. The molecule has 4 N–H and O–H groups in total. The zero-order valence-electron chi connectivity index (χ0n) is 10.8. The van der Waals surface area contributed by atoms with Crippen LogP contribution in [-0.4, -0.2) is 21.3 Å². The van der Waals surface area contributed by atoms with E-state index in [-0.39, 0.29) is 11.5 Å². The van der Waals surface area contributed by atoms with Crippen LogP contribution in [0.4, 0.5) is 5.69 Å². The highest BCUT2D eigenvalue weighted by Crippen LogP contribution is 2.13. The Balaban J connectivity index is 2.13. The lowest BCUT2D eigenvalue weighted by atomic mass is 10.3. The molecule has 2 aromatic rings. The van der Waals surface area contributed by atoms with E-state index in [1.807, 2.05) is 31.3 Å². The van der Waals surface area contributed by atoms with Gasteiger partial charge in [-0.15, -0.1) is 0 Å². The summed E-state index contributed by atoms with van der Waals surface area (Å²) in [7, 11) is 0. The van der Waals surface area contributed by atoms with Gasteiger partial charge in [-0.2, -0.15) is 15.5 Å². The first-order valence-electron chi connectivity index (χ1n) is 5.81. The molecule has 0 radical (unpaired) electrons. The van der Waals surface area contributed by atoms with E-state index in [1.165, 1.54) is 0 Å². The molecule has 0 spiro atoms. The topological polar surface area (TPSA) is 116 Å². The van der Waals surface area contributed by atoms with Crippen LogP contribution in [0.1, 0.15) is 5.69 Å². The van der Waals surface area contributed by atoms with Crippen molar-refractivity contribution in [3.05, 3.63) is 42.2 Å². The molecule has 7 heteroatoms. The second-order valence-corrected chi connectivity index (χ2v) is 4.05. The molecular formula is C13H13N7. The van der Waals surface area contributed by atoms with Crippen LogP contribution in [0.2, 0.25) is 0 Å². The van der Waals surface area contributed by atoms with Gasteiger partial charge in [0.15, 0.2) is 5.84 Å². The number of hydrazone groups is 1. The number of benzene rings is 1. The Morgan fingerprint density at radius 3 is 2.60 bits per heavy atom. The summed E-state index contributed by atoms with van der Waals surface area (Å²) in [6.07, 6.45) is 1.87. The average molecular weight is 267 g/mol. The minimum atomic E-state index is -0.372. The summed E-state index contributed by atoms with van der Waals surface area (Å²) in [5.41, 5.74) is 10.3. The second-order valence-electron chi connectivity index (χ2n) is 4.05. The van der Waals surface area contributed by atoms with Crippen molar-refractivity contribution in [2.45, 2.75) is 6.92 Å². The molecule has 0 amide bonds. The molecule has 100 valence electrons. The molecule has 0 aliphatic rings. The monoisotopic (exact) mass is 267 g/mol. The first-order valence-corrected chi connectivity index (χ1v) is 5.81. The van der Waals surface area contributed by atoms with Crippen LogP contribution in [0.15, 0.2) is 41.6 Å². The SMILES string of the molecule is Cc1ccn(-c2ccc(N/N=C(\C#N)C(=N)N)cc2)n1. The molecule has 0 saturated heterocycles. The van der Waals surface area contributed by atoms with Crippen LogP contribution in [0.25, 0.3) is 5.69 Å². The average Bonchev–Trinajstić information content (AvgIpc) is 2.86. The fourth-order valence-electron chi connectivity index (χ4n) is 1.51. The summed E-state index contributed by atoms with van der Waals surface area (Å²) in [4.78, 5) is 0. The van der Waals surface area contributed by atoms with E-state index in [4.69, 9.17) is 16.4 Å². The highest BCUT2D eigenvalue weighted by Gasteiger charge is 2.01. The molecule has 2 rings (SSSR count). The van der Waals surface area contributed by atoms with Crippen LogP contribution in [0.3, 0.4) is 0 Å². The van der Waals surface area contributed by atoms with E-state index in [2.05, 4.69) is 15.6 Å². The van der Waals surface area contributed by atoms with Crippen LogP contribution >= 0.6 is 0 Å². The fourth-order valence-corrected chi connectivity index (χ4v) is 1.51. The predicted octanol–water partition coefficient (Wildman–Crippen LogP) is 1.41. The van der Waals surface area contributed by atoms with Gasteiger partial charge in [0.05, 0.1) is 17.1 Å². The smallest absolute Gasteiger partial charge is 0.201 e. The highest BCUT2D eigenvalue weighted by atomic mass is 15.3. The minimum absolute atomic E-state index is 0.156. The zero-order valence-corrected chi connectivity index (χ0v) is 10.8. The van der Waals surface area contributed by atoms with Gasteiger partial charge >= 0.3 is 0 Å². The number of nitrogens with zero attached hydrogens (tertiary/aromatic N) is 4. The number of aryl methyl sites for hydroxylation is 1. The van der Waals surface area contributed by atoms with Crippen molar-refractivity contribution >= 4 is 17.2 Å². The fraction of sp³-hybridized carbons (Fsp3) is 0.0769. The van der Waals surface area contributed by atoms with Gasteiger partial charge < -0.3 is 5.73 Å². The van der Waals surface area contributed by atoms with Crippen molar-refractivity contribution in [1.29, 1.82) is 10.7 Å². The maximum atomic E-state index is 8.72. The van der Waals surface area contributed by atoms with Gasteiger partial charge in [0.2, 0.25) is 5.71 Å². The molecule has 0 atom stereocenters. The Bertz CT molecular complexity index is 688. The lowest BCUT2D eigenvalue weighted by Crippen LogP contribution is -2.21. The minimum Gasteiger partial charge on any atom is -0.382 e. The summed E-state index contributed by atoms with van der Waals surface area (Å²) < 4.78 is 1.76. The third-order valence-electron chi connectivity index (χ3n) is 2.51.